The summed E-state index contributed by atoms with van der Waals surface area (Å²) < 4.78 is 0. The molecule has 0 aromatic heterocycles. The van der Waals surface area contributed by atoms with Gasteiger partial charge in [-0.15, -0.1) is 0 Å². The molecule has 0 aliphatic heterocycles. The van der Waals surface area contributed by atoms with Crippen molar-refractivity contribution in [1.82, 2.24) is 0 Å². The van der Waals surface area contributed by atoms with Gasteiger partial charge in [-0.3, -0.25) is 0 Å². The topological polar surface area (TPSA) is 0 Å². The van der Waals surface area contributed by atoms with Crippen molar-refractivity contribution in [2.45, 2.75) is 39.5 Å². The maximum Gasteiger partial charge on any atom is -0.000719 e. The van der Waals surface area contributed by atoms with Gasteiger partial charge < -0.3 is 0 Å². The van der Waals surface area contributed by atoms with Gasteiger partial charge in [-0.2, -0.15) is 0 Å². The van der Waals surface area contributed by atoms with Crippen LogP contribution in [0.15, 0.2) is 158 Å². The third kappa shape index (κ3) is 4.15. The highest BCUT2D eigenvalue weighted by atomic mass is 14.3. The lowest BCUT2D eigenvalue weighted by atomic mass is 9.84. The van der Waals surface area contributed by atoms with Crippen LogP contribution in [0.3, 0.4) is 0 Å². The Balaban J connectivity index is 1.31. The molecule has 13 aromatic rings. The van der Waals surface area contributed by atoms with Gasteiger partial charge >= 0.3 is 0 Å². The van der Waals surface area contributed by atoms with E-state index in [0.717, 1.165) is 0 Å². The molecule has 58 heavy (non-hydrogen) atoms. The Kier molecular flexibility index (Phi) is 6.37. The molecule has 0 saturated heterocycles. The number of benzene rings is 11. The van der Waals surface area contributed by atoms with Crippen LogP contribution < -0.4 is 0 Å². The Bertz CT molecular complexity index is 3800. The molecule has 0 nitrogen and oxygen atoms in total. The van der Waals surface area contributed by atoms with Crippen LogP contribution in [0.4, 0.5) is 0 Å². The fraction of sp³-hybridized carbons (Fsp3) is 0.103. The van der Waals surface area contributed by atoms with Crippen LogP contribution >= 0.6 is 0 Å². The molecule has 0 aliphatic carbocycles. The van der Waals surface area contributed by atoms with Crippen LogP contribution in [-0.4, -0.2) is 0 Å². The van der Waals surface area contributed by atoms with Gasteiger partial charge in [0.25, 0.3) is 0 Å². The fourth-order valence-corrected chi connectivity index (χ4v) is 11.0. The lowest BCUT2D eigenvalue weighted by Crippen LogP contribution is -1.92. The van der Waals surface area contributed by atoms with Crippen molar-refractivity contribution in [3.8, 4) is 22.3 Å². The molecule has 13 rings (SSSR count). The van der Waals surface area contributed by atoms with Crippen molar-refractivity contribution < 1.29 is 0 Å². The lowest BCUT2D eigenvalue weighted by molar-refractivity contribution is 0.867. The van der Waals surface area contributed by atoms with E-state index in [1.807, 2.05) is 0 Å². The van der Waals surface area contributed by atoms with Gasteiger partial charge in [0.1, 0.15) is 0 Å². The average molecular weight is 737 g/mol. The summed E-state index contributed by atoms with van der Waals surface area (Å²) in [6.07, 6.45) is 0. The Morgan fingerprint density at radius 1 is 0.259 bits per heavy atom. The SMILES string of the molecule is CC(C)c1ccc(-c2c3cc4c(cc3c(-c3ccc(C(C)C)cc3)c3c5cc6ccccc6c6cccc(c23)c65)c2cc3cccc5ccc6ccc4c2c6c53)cc1. The second kappa shape index (κ2) is 11.4. The Labute approximate surface area is 336 Å². The molecule has 0 radical (unpaired) electrons. The minimum absolute atomic E-state index is 0.459. The summed E-state index contributed by atoms with van der Waals surface area (Å²) >= 11 is 0. The van der Waals surface area contributed by atoms with E-state index in [1.165, 1.54) is 141 Å². The fourth-order valence-electron chi connectivity index (χ4n) is 11.0. The zero-order valence-corrected chi connectivity index (χ0v) is 33.2. The van der Waals surface area contributed by atoms with Gasteiger partial charge in [0.05, 0.1) is 0 Å². The summed E-state index contributed by atoms with van der Waals surface area (Å²) in [6, 6.07) is 61.2. The first-order valence-corrected chi connectivity index (χ1v) is 21.0. The van der Waals surface area contributed by atoms with E-state index >= 15 is 0 Å². The van der Waals surface area contributed by atoms with E-state index < -0.39 is 0 Å². The molecule has 0 unspecified atom stereocenters. The summed E-state index contributed by atoms with van der Waals surface area (Å²) in [5, 5.41) is 26.8. The highest BCUT2D eigenvalue weighted by Gasteiger charge is 2.26. The molecular formula is C58H40. The van der Waals surface area contributed by atoms with E-state index in [2.05, 4.69) is 185 Å². The summed E-state index contributed by atoms with van der Waals surface area (Å²) in [7, 11) is 0. The van der Waals surface area contributed by atoms with Crippen molar-refractivity contribution in [2.75, 3.05) is 0 Å². The molecular weight excluding hydrogens is 697 g/mol. The smallest absolute Gasteiger partial charge is 0.000719 e. The van der Waals surface area contributed by atoms with Crippen LogP contribution in [-0.2, 0) is 0 Å². The second-order valence-electron chi connectivity index (χ2n) is 17.5. The Morgan fingerprint density at radius 3 is 1.45 bits per heavy atom. The zero-order valence-electron chi connectivity index (χ0n) is 33.2. The maximum absolute atomic E-state index is 2.58. The lowest BCUT2D eigenvalue weighted by Gasteiger charge is -2.18. The van der Waals surface area contributed by atoms with Gasteiger partial charge in [-0.25, -0.2) is 0 Å². The first-order chi connectivity index (χ1) is 28.4. The zero-order chi connectivity index (χ0) is 38.6. The number of hydrogen-bond donors (Lipinski definition) is 0. The monoisotopic (exact) mass is 736 g/mol. The van der Waals surface area contributed by atoms with Crippen molar-refractivity contribution >= 4 is 108 Å². The van der Waals surface area contributed by atoms with Gasteiger partial charge in [-0.05, 0) is 177 Å². The van der Waals surface area contributed by atoms with Gasteiger partial charge in [0.15, 0.2) is 0 Å². The first-order valence-electron chi connectivity index (χ1n) is 21.0. The number of fused-ring (bicyclic) bond motifs is 9. The van der Waals surface area contributed by atoms with E-state index in [-0.39, 0.29) is 0 Å². The Hall–Kier alpha value is -6.76. The molecule has 0 fully saturated rings. The first kappa shape index (κ1) is 32.3. The largest absolute Gasteiger partial charge is 0.0616 e. The summed E-state index contributed by atoms with van der Waals surface area (Å²) in [6.45, 7) is 9.16. The summed E-state index contributed by atoms with van der Waals surface area (Å²) in [4.78, 5) is 0. The quantitative estimate of drug-likeness (QED) is 0.158. The minimum Gasteiger partial charge on any atom is -0.0616 e. The molecule has 0 spiro atoms. The van der Waals surface area contributed by atoms with E-state index in [1.54, 1.807) is 0 Å². The minimum atomic E-state index is 0.459. The summed E-state index contributed by atoms with van der Waals surface area (Å²) in [5.74, 6) is 0.921. The van der Waals surface area contributed by atoms with Crippen molar-refractivity contribution in [3.63, 3.8) is 0 Å². The van der Waals surface area contributed by atoms with Crippen LogP contribution in [0.1, 0.15) is 50.7 Å². The standard InChI is InChI=1S/C58H40/c1-31(2)33-15-19-36(20-16-33)52-48-29-45-43-26-25-38-24-23-35-10-7-11-40-28-47(56(43)54(38)51(35)40)46(45)30-49(48)53(37-21-17-34(18-22-37)32(3)4)58-50-27-39-9-5-6-12-41(39)42-13-8-14-44(55(42)50)57(52)58/h5-32H,1-4H3. The molecule has 0 bridgehead atoms. The van der Waals surface area contributed by atoms with E-state index in [0.29, 0.717) is 11.8 Å². The third-order valence-electron chi connectivity index (χ3n) is 13.8. The average Bonchev–Trinajstić information content (AvgIpc) is 3.75. The van der Waals surface area contributed by atoms with Crippen LogP contribution in [0.2, 0.25) is 0 Å². The summed E-state index contributed by atoms with van der Waals surface area (Å²) in [5.41, 5.74) is 7.93. The van der Waals surface area contributed by atoms with Gasteiger partial charge in [-0.1, -0.05) is 161 Å². The predicted octanol–water partition coefficient (Wildman–Crippen LogP) is 17.1. The molecule has 0 amide bonds. The van der Waals surface area contributed by atoms with Gasteiger partial charge in [0.2, 0.25) is 0 Å². The van der Waals surface area contributed by atoms with Crippen LogP contribution in [0, 0.1) is 0 Å². The van der Waals surface area contributed by atoms with Gasteiger partial charge in [0, 0.05) is 0 Å². The predicted molar refractivity (Wildman–Crippen MR) is 254 cm³/mol. The number of rotatable bonds is 4. The van der Waals surface area contributed by atoms with Crippen LogP contribution in [0.5, 0.6) is 0 Å². The number of hydrogen-bond acceptors (Lipinski definition) is 0. The van der Waals surface area contributed by atoms with Crippen LogP contribution in [0.25, 0.3) is 130 Å². The van der Waals surface area contributed by atoms with Crippen molar-refractivity contribution in [3.05, 3.63) is 169 Å². The van der Waals surface area contributed by atoms with Crippen molar-refractivity contribution in [2.24, 2.45) is 0 Å². The maximum atomic E-state index is 2.58. The normalized spacial score (nSPS) is 12.8. The molecule has 272 valence electrons. The highest BCUT2D eigenvalue weighted by molar-refractivity contribution is 6.45. The molecule has 0 saturated carbocycles. The van der Waals surface area contributed by atoms with E-state index in [4.69, 9.17) is 0 Å². The molecule has 0 heterocycles. The Morgan fingerprint density at radius 2 is 0.759 bits per heavy atom. The molecule has 0 aliphatic rings. The molecule has 13 aromatic carbocycles. The van der Waals surface area contributed by atoms with E-state index in [9.17, 15) is 0 Å². The second-order valence-corrected chi connectivity index (χ2v) is 17.5. The van der Waals surface area contributed by atoms with Crippen molar-refractivity contribution in [1.29, 1.82) is 0 Å². The highest BCUT2D eigenvalue weighted by Crippen LogP contribution is 2.54. The molecule has 0 N–H and O–H groups in total. The molecule has 0 heteroatoms. The molecule has 0 atom stereocenters. The third-order valence-corrected chi connectivity index (χ3v) is 13.8.